The van der Waals surface area contributed by atoms with E-state index < -0.39 is 0 Å². The van der Waals surface area contributed by atoms with Crippen molar-refractivity contribution in [3.63, 3.8) is 0 Å². The first kappa shape index (κ1) is 18.4. The van der Waals surface area contributed by atoms with E-state index in [9.17, 15) is 0 Å². The minimum absolute atomic E-state index is 0.597. The second kappa shape index (κ2) is 10.0. The summed E-state index contributed by atoms with van der Waals surface area (Å²) in [6.07, 6.45) is 10.3. The Morgan fingerprint density at radius 3 is 2.48 bits per heavy atom. The molecule has 0 spiro atoms. The molecule has 0 amide bonds. The average Bonchev–Trinajstić information content (AvgIpc) is 2.52. The number of rotatable bonds is 7. The zero-order valence-electron chi connectivity index (χ0n) is 14.5. The van der Waals surface area contributed by atoms with E-state index in [1.54, 1.807) is 7.11 Å². The van der Waals surface area contributed by atoms with Crippen LogP contribution in [0.3, 0.4) is 0 Å². The molecule has 1 aromatic rings. The van der Waals surface area contributed by atoms with Crippen LogP contribution in [0.15, 0.2) is 12.1 Å². The Morgan fingerprint density at radius 1 is 1.13 bits per heavy atom. The topological polar surface area (TPSA) is 30.5 Å². The molecule has 1 fully saturated rings. The van der Waals surface area contributed by atoms with Crippen molar-refractivity contribution in [1.29, 1.82) is 0 Å². The monoisotopic (exact) mass is 339 g/mol. The highest BCUT2D eigenvalue weighted by molar-refractivity contribution is 6.30. The molecular formula is C19H30ClNO2. The third-order valence-electron chi connectivity index (χ3n) is 4.45. The second-order valence-corrected chi connectivity index (χ2v) is 6.80. The van der Waals surface area contributed by atoms with Crippen LogP contribution in [0.4, 0.5) is 0 Å². The molecular weight excluding hydrogens is 310 g/mol. The first-order valence-corrected chi connectivity index (χ1v) is 9.35. The van der Waals surface area contributed by atoms with Gasteiger partial charge in [0.05, 0.1) is 13.7 Å². The lowest BCUT2D eigenvalue weighted by Gasteiger charge is -2.22. The van der Waals surface area contributed by atoms with Crippen molar-refractivity contribution in [2.24, 2.45) is 0 Å². The SMILES string of the molecule is CCCOc1c(CNC2CCCCCCC2)cc(Cl)cc1OC. The highest BCUT2D eigenvalue weighted by Crippen LogP contribution is 2.35. The van der Waals surface area contributed by atoms with Crippen LogP contribution in [0.1, 0.15) is 63.9 Å². The lowest BCUT2D eigenvalue weighted by molar-refractivity contribution is 0.289. The molecule has 0 atom stereocenters. The summed E-state index contributed by atoms with van der Waals surface area (Å²) in [5.74, 6) is 1.55. The highest BCUT2D eigenvalue weighted by atomic mass is 35.5. The number of hydrogen-bond donors (Lipinski definition) is 1. The van der Waals surface area contributed by atoms with Crippen LogP contribution in [-0.2, 0) is 6.54 Å². The first-order valence-electron chi connectivity index (χ1n) is 8.97. The van der Waals surface area contributed by atoms with Crippen LogP contribution in [0, 0.1) is 0 Å². The van der Waals surface area contributed by atoms with Gasteiger partial charge >= 0.3 is 0 Å². The van der Waals surface area contributed by atoms with Crippen molar-refractivity contribution in [2.75, 3.05) is 13.7 Å². The second-order valence-electron chi connectivity index (χ2n) is 6.37. The van der Waals surface area contributed by atoms with Crippen molar-refractivity contribution in [2.45, 2.75) is 70.9 Å². The number of ether oxygens (including phenoxy) is 2. The summed E-state index contributed by atoms with van der Waals surface area (Å²) in [5, 5.41) is 4.40. The number of hydrogen-bond acceptors (Lipinski definition) is 3. The predicted octanol–water partition coefficient (Wildman–Crippen LogP) is 5.34. The molecule has 1 aromatic carbocycles. The van der Waals surface area contributed by atoms with Crippen LogP contribution in [0.5, 0.6) is 11.5 Å². The van der Waals surface area contributed by atoms with Crippen molar-refractivity contribution in [1.82, 2.24) is 5.32 Å². The lowest BCUT2D eigenvalue weighted by Crippen LogP contribution is -2.29. The van der Waals surface area contributed by atoms with Gasteiger partial charge in [-0.2, -0.15) is 0 Å². The molecule has 3 nitrogen and oxygen atoms in total. The summed E-state index contributed by atoms with van der Waals surface area (Å²) in [4.78, 5) is 0. The maximum Gasteiger partial charge on any atom is 0.165 e. The van der Waals surface area contributed by atoms with Gasteiger partial charge in [-0.1, -0.05) is 50.6 Å². The van der Waals surface area contributed by atoms with Crippen molar-refractivity contribution >= 4 is 11.6 Å². The zero-order valence-corrected chi connectivity index (χ0v) is 15.3. The van der Waals surface area contributed by atoms with Gasteiger partial charge in [0.15, 0.2) is 11.5 Å². The van der Waals surface area contributed by atoms with E-state index in [0.29, 0.717) is 17.7 Å². The van der Waals surface area contributed by atoms with Gasteiger partial charge < -0.3 is 14.8 Å². The average molecular weight is 340 g/mol. The summed E-state index contributed by atoms with van der Waals surface area (Å²) in [6.45, 7) is 3.57. The van der Waals surface area contributed by atoms with E-state index in [1.165, 1.54) is 44.9 Å². The summed E-state index contributed by atoms with van der Waals surface area (Å²) in [6, 6.07) is 4.41. The number of halogens is 1. The van der Waals surface area contributed by atoms with Crippen LogP contribution >= 0.6 is 11.6 Å². The Bertz CT molecular complexity index is 471. The van der Waals surface area contributed by atoms with Crippen molar-refractivity contribution < 1.29 is 9.47 Å². The largest absolute Gasteiger partial charge is 0.493 e. The minimum Gasteiger partial charge on any atom is -0.493 e. The minimum atomic E-state index is 0.597. The summed E-state index contributed by atoms with van der Waals surface area (Å²) in [7, 11) is 1.66. The maximum atomic E-state index is 6.24. The first-order chi connectivity index (χ1) is 11.2. The molecule has 0 aliphatic heterocycles. The number of nitrogens with one attached hydrogen (secondary N) is 1. The predicted molar refractivity (Wildman–Crippen MR) is 96.7 cm³/mol. The molecule has 0 radical (unpaired) electrons. The van der Waals surface area contributed by atoms with Gasteiger partial charge in [-0.05, 0) is 25.3 Å². The highest BCUT2D eigenvalue weighted by Gasteiger charge is 2.15. The molecule has 0 aromatic heterocycles. The molecule has 4 heteroatoms. The molecule has 1 aliphatic carbocycles. The Labute approximate surface area is 145 Å². The van der Waals surface area contributed by atoms with E-state index in [1.807, 2.05) is 12.1 Å². The van der Waals surface area contributed by atoms with Crippen LogP contribution in [0.25, 0.3) is 0 Å². The van der Waals surface area contributed by atoms with Crippen molar-refractivity contribution in [3.8, 4) is 11.5 Å². The van der Waals surface area contributed by atoms with Gasteiger partial charge in [0, 0.05) is 29.2 Å². The molecule has 23 heavy (non-hydrogen) atoms. The number of benzene rings is 1. The van der Waals surface area contributed by atoms with E-state index in [-0.39, 0.29) is 0 Å². The molecule has 0 unspecified atom stereocenters. The Morgan fingerprint density at radius 2 is 1.83 bits per heavy atom. The fraction of sp³-hybridized carbons (Fsp3) is 0.684. The van der Waals surface area contributed by atoms with E-state index in [2.05, 4.69) is 12.2 Å². The third kappa shape index (κ3) is 5.89. The zero-order chi connectivity index (χ0) is 16.5. The fourth-order valence-electron chi connectivity index (χ4n) is 3.19. The van der Waals surface area contributed by atoms with Gasteiger partial charge in [-0.25, -0.2) is 0 Å². The molecule has 130 valence electrons. The van der Waals surface area contributed by atoms with Gasteiger partial charge in [0.1, 0.15) is 0 Å². The molecule has 0 heterocycles. The normalized spacial score (nSPS) is 16.7. The molecule has 1 N–H and O–H groups in total. The van der Waals surface area contributed by atoms with Gasteiger partial charge in [0.25, 0.3) is 0 Å². The molecule has 1 saturated carbocycles. The van der Waals surface area contributed by atoms with Crippen LogP contribution in [0.2, 0.25) is 5.02 Å². The smallest absolute Gasteiger partial charge is 0.165 e. The molecule has 0 saturated heterocycles. The summed E-state index contributed by atoms with van der Waals surface area (Å²) in [5.41, 5.74) is 1.09. The Hall–Kier alpha value is -0.930. The molecule has 1 aliphatic rings. The number of methoxy groups -OCH3 is 1. The van der Waals surface area contributed by atoms with Gasteiger partial charge in [0.2, 0.25) is 0 Å². The fourth-order valence-corrected chi connectivity index (χ4v) is 3.42. The maximum absolute atomic E-state index is 6.24. The van der Waals surface area contributed by atoms with Crippen LogP contribution < -0.4 is 14.8 Å². The van der Waals surface area contributed by atoms with Gasteiger partial charge in [-0.15, -0.1) is 0 Å². The van der Waals surface area contributed by atoms with E-state index in [4.69, 9.17) is 21.1 Å². The van der Waals surface area contributed by atoms with Crippen LogP contribution in [-0.4, -0.2) is 19.8 Å². The van der Waals surface area contributed by atoms with E-state index >= 15 is 0 Å². The van der Waals surface area contributed by atoms with Crippen molar-refractivity contribution in [3.05, 3.63) is 22.7 Å². The quantitative estimate of drug-likeness (QED) is 0.727. The molecule has 2 rings (SSSR count). The Kier molecular flexibility index (Phi) is 8.04. The van der Waals surface area contributed by atoms with Gasteiger partial charge in [-0.3, -0.25) is 0 Å². The summed E-state index contributed by atoms with van der Waals surface area (Å²) >= 11 is 6.24. The Balaban J connectivity index is 2.05. The lowest BCUT2D eigenvalue weighted by atomic mass is 9.96. The summed E-state index contributed by atoms with van der Waals surface area (Å²) < 4.78 is 11.4. The molecule has 0 bridgehead atoms. The third-order valence-corrected chi connectivity index (χ3v) is 4.67. The standard InChI is InChI=1S/C19H30ClNO2/c1-3-11-23-19-15(12-16(20)13-18(19)22-2)14-21-17-9-7-5-4-6-8-10-17/h12-13,17,21H,3-11,14H2,1-2H3. The van der Waals surface area contributed by atoms with E-state index in [0.717, 1.165) is 30.0 Å².